The number of anilines is 2. The van der Waals surface area contributed by atoms with Crippen molar-refractivity contribution in [3.05, 3.63) is 228 Å². The number of nitrogens with one attached hydrogen (secondary N) is 6. The number of likely N-dealkylation sites (N-methyl/N-ethyl adjacent to an activating group) is 1. The van der Waals surface area contributed by atoms with Gasteiger partial charge in [0, 0.05) is 81.9 Å². The topological polar surface area (TPSA) is 228 Å². The number of hydrogen-bond donors (Lipinski definition) is 7. The van der Waals surface area contributed by atoms with Crippen LogP contribution in [0.15, 0.2) is 188 Å². The third kappa shape index (κ3) is 19.6. The SMILES string of the molecule is CCN(CCO)c1ccc(-n2cn[nH]c2=S)cc1.CN(C)c1ccc(-n2cn[nH]c2=S)cc1.CSc1ccc(-n2cn[nH]c2=S)cc1.FC(F)(F)c1ccc(-n2cn[nH]c2=S)cc1.S=c1[nH]ncn1-c1ccc(Cl)cc1.S=c1[nH]ncn1-c1cccc(Cl)c1. The zero-order valence-electron chi connectivity index (χ0n) is 47.4. The van der Waals surface area contributed by atoms with Gasteiger partial charge in [0.25, 0.3) is 0 Å². The summed E-state index contributed by atoms with van der Waals surface area (Å²) in [7, 11) is 4.02. The molecule has 7 N–H and O–H groups in total. The summed E-state index contributed by atoms with van der Waals surface area (Å²) >= 11 is 43.5. The van der Waals surface area contributed by atoms with Gasteiger partial charge >= 0.3 is 6.18 Å². The summed E-state index contributed by atoms with van der Waals surface area (Å²) in [4.78, 5) is 5.40. The molecule has 89 heavy (non-hydrogen) atoms. The van der Waals surface area contributed by atoms with Crippen molar-refractivity contribution in [1.82, 2.24) is 88.6 Å². The van der Waals surface area contributed by atoms with Crippen LogP contribution < -0.4 is 9.80 Å². The van der Waals surface area contributed by atoms with Gasteiger partial charge in [-0.1, -0.05) is 29.3 Å². The molecule has 33 heteroatoms. The average molecular weight is 1380 g/mol. The van der Waals surface area contributed by atoms with Crippen LogP contribution in [0.25, 0.3) is 34.1 Å². The standard InChI is InChI=1S/C12H16N4OS.C10H12N4S.C9H6F3N3S.C9H9N3S2.2C8H6ClN3S/c1-2-15(7-8-17)10-3-5-11(6-4-10)16-9-13-14-12(16)18;1-13(2)8-3-5-9(6-4-8)14-7-11-12-10(14)15;10-9(11,12)6-1-3-7(4-2-6)15-5-13-14-8(15)16;1-14-8-4-2-7(3-5-8)12-6-10-11-9(12)13;9-6-1-3-7(4-2-6)12-5-10-11-8(12)13;9-6-2-1-3-7(4-6)12-5-10-11-8(12)13/h3-6,9,17H,2,7-8H2,1H3,(H,14,18);3-7H,1-2H3,(H,12,15);1-5H,(H,14,16);2-6H,1H3,(H,11,13);2*1-5H,(H,11,13). The van der Waals surface area contributed by atoms with Gasteiger partial charge < -0.3 is 14.9 Å². The quantitative estimate of drug-likeness (QED) is 0.0446. The molecule has 0 saturated heterocycles. The summed E-state index contributed by atoms with van der Waals surface area (Å²) < 4.78 is 50.6. The molecule has 21 nitrogen and oxygen atoms in total. The number of H-pyrrole nitrogens is 6. The lowest BCUT2D eigenvalue weighted by atomic mass is 10.2. The Balaban J connectivity index is 0.000000153. The predicted octanol–water partition coefficient (Wildman–Crippen LogP) is 14.5. The lowest BCUT2D eigenvalue weighted by Crippen LogP contribution is -2.25. The van der Waals surface area contributed by atoms with Crippen LogP contribution >= 0.6 is 108 Å². The fourth-order valence-corrected chi connectivity index (χ4v) is 9.65. The van der Waals surface area contributed by atoms with Crippen LogP contribution in [-0.2, 0) is 6.18 Å². The summed E-state index contributed by atoms with van der Waals surface area (Å²) in [6.07, 6.45) is 7.39. The van der Waals surface area contributed by atoms with Crippen LogP contribution in [0.3, 0.4) is 0 Å². The second kappa shape index (κ2) is 33.4. The molecule has 462 valence electrons. The molecule has 0 atom stereocenters. The van der Waals surface area contributed by atoms with Crippen molar-refractivity contribution < 1.29 is 18.3 Å². The van der Waals surface area contributed by atoms with Gasteiger partial charge in [-0.3, -0.25) is 58.0 Å². The molecule has 0 fully saturated rings. The Morgan fingerprint density at radius 3 is 1.08 bits per heavy atom. The number of thioether (sulfide) groups is 1. The third-order valence-electron chi connectivity index (χ3n) is 12.2. The van der Waals surface area contributed by atoms with Crippen LogP contribution in [0, 0.1) is 28.6 Å². The van der Waals surface area contributed by atoms with Crippen LogP contribution in [-0.4, -0.2) is 134 Å². The van der Waals surface area contributed by atoms with Gasteiger partial charge in [0.05, 0.1) is 17.9 Å². The predicted molar refractivity (Wildman–Crippen MR) is 359 cm³/mol. The number of benzene rings is 6. The Hall–Kier alpha value is -8.24. The Morgan fingerprint density at radius 1 is 0.461 bits per heavy atom. The van der Waals surface area contributed by atoms with Gasteiger partial charge in [-0.2, -0.15) is 43.8 Å². The van der Waals surface area contributed by atoms with Crippen molar-refractivity contribution in [2.75, 3.05) is 49.8 Å². The minimum atomic E-state index is -4.32. The Kier molecular flexibility index (Phi) is 25.6. The van der Waals surface area contributed by atoms with Crippen LogP contribution in [0.4, 0.5) is 24.5 Å². The Labute approximate surface area is 552 Å². The van der Waals surface area contributed by atoms with Crippen LogP contribution in [0.5, 0.6) is 0 Å². The van der Waals surface area contributed by atoms with Crippen molar-refractivity contribution >= 4 is 120 Å². The lowest BCUT2D eigenvalue weighted by Gasteiger charge is -2.22. The molecule has 6 aromatic heterocycles. The zero-order valence-corrected chi connectivity index (χ0v) is 54.6. The van der Waals surface area contributed by atoms with E-state index < -0.39 is 11.7 Å². The van der Waals surface area contributed by atoms with Gasteiger partial charge in [-0.25, -0.2) is 0 Å². The van der Waals surface area contributed by atoms with E-state index in [0.29, 0.717) is 50.9 Å². The molecule has 12 rings (SSSR count). The van der Waals surface area contributed by atoms with E-state index >= 15 is 0 Å². The van der Waals surface area contributed by atoms with Crippen LogP contribution in [0.2, 0.25) is 10.0 Å². The Bertz CT molecular complexity index is 4470. The number of hydrogen-bond acceptors (Lipinski definition) is 16. The molecule has 0 unspecified atom stereocenters. The summed E-state index contributed by atoms with van der Waals surface area (Å²) in [6, 6.07) is 43.8. The van der Waals surface area contributed by atoms with Gasteiger partial charge in [-0.15, -0.1) is 11.8 Å². The molecule has 0 aliphatic heterocycles. The normalized spacial score (nSPS) is 10.6. The zero-order chi connectivity index (χ0) is 64.0. The molecular weight excluding hydrogens is 1320 g/mol. The number of aromatic amines is 6. The van der Waals surface area contributed by atoms with Crippen LogP contribution in [0.1, 0.15) is 12.5 Å². The maximum absolute atomic E-state index is 12.3. The molecule has 12 aromatic rings. The number of aliphatic hydroxyl groups excluding tert-OH is 1. The first-order valence-corrected chi connectivity index (χ1v) is 30.5. The van der Waals surface area contributed by atoms with Crippen molar-refractivity contribution in [3.63, 3.8) is 0 Å². The number of aliphatic hydroxyl groups is 1. The number of aromatic nitrogens is 18. The highest BCUT2D eigenvalue weighted by atomic mass is 35.5. The molecule has 0 aliphatic carbocycles. The molecular formula is C56H55Cl2F3N20OS7. The van der Waals surface area contributed by atoms with Crippen molar-refractivity contribution in [2.24, 2.45) is 0 Å². The van der Waals surface area contributed by atoms with Crippen molar-refractivity contribution in [1.29, 1.82) is 0 Å². The van der Waals surface area contributed by atoms with E-state index in [1.165, 1.54) is 27.9 Å². The second-order valence-electron chi connectivity index (χ2n) is 18.1. The summed E-state index contributed by atoms with van der Waals surface area (Å²) in [6.45, 7) is 3.73. The smallest absolute Gasteiger partial charge is 0.395 e. The highest BCUT2D eigenvalue weighted by Crippen LogP contribution is 2.30. The molecule has 0 aliphatic rings. The van der Waals surface area contributed by atoms with E-state index in [9.17, 15) is 13.2 Å². The van der Waals surface area contributed by atoms with Gasteiger partial charge in [0.15, 0.2) is 28.6 Å². The first-order chi connectivity index (χ1) is 42.8. The summed E-state index contributed by atoms with van der Waals surface area (Å²) in [5.41, 5.74) is 6.96. The van der Waals surface area contributed by atoms with E-state index in [4.69, 9.17) is 102 Å². The highest BCUT2D eigenvalue weighted by molar-refractivity contribution is 7.98. The summed E-state index contributed by atoms with van der Waals surface area (Å²) in [5, 5.41) is 49.4. The monoisotopic (exact) mass is 1370 g/mol. The second-order valence-corrected chi connectivity index (χ2v) is 22.2. The van der Waals surface area contributed by atoms with E-state index in [1.54, 1.807) is 57.1 Å². The number of alkyl halides is 3. The highest BCUT2D eigenvalue weighted by Gasteiger charge is 2.30. The fraction of sp³-hybridized carbons (Fsp3) is 0.143. The summed E-state index contributed by atoms with van der Waals surface area (Å²) in [5.74, 6) is 0. The minimum absolute atomic E-state index is 0.155. The molecule has 6 aromatic carbocycles. The number of rotatable bonds is 12. The van der Waals surface area contributed by atoms with Gasteiger partial charge in [-0.05, 0) is 226 Å². The molecule has 6 heterocycles. The van der Waals surface area contributed by atoms with E-state index in [-0.39, 0.29) is 6.61 Å². The Morgan fingerprint density at radius 2 is 0.787 bits per heavy atom. The molecule has 0 bridgehead atoms. The maximum Gasteiger partial charge on any atom is 0.416 e. The maximum atomic E-state index is 12.3. The minimum Gasteiger partial charge on any atom is -0.395 e. The lowest BCUT2D eigenvalue weighted by molar-refractivity contribution is -0.137. The molecule has 0 amide bonds. The van der Waals surface area contributed by atoms with Gasteiger partial charge in [0.2, 0.25) is 0 Å². The van der Waals surface area contributed by atoms with E-state index in [2.05, 4.69) is 96.3 Å². The molecule has 0 spiro atoms. The number of nitrogens with zero attached hydrogens (tertiary/aromatic N) is 14. The molecule has 0 radical (unpaired) electrons. The molecule has 0 saturated carbocycles. The third-order valence-corrected chi connectivity index (χ3v) is 15.2. The van der Waals surface area contributed by atoms with E-state index in [1.807, 2.05) is 132 Å². The average Bonchev–Trinajstić information content (AvgIpc) is 3.85. The number of halogens is 5. The van der Waals surface area contributed by atoms with Crippen molar-refractivity contribution in [2.45, 2.75) is 18.0 Å². The van der Waals surface area contributed by atoms with E-state index in [0.717, 1.165) is 58.5 Å². The fourth-order valence-electron chi connectivity index (χ4n) is 7.70. The largest absolute Gasteiger partial charge is 0.416 e. The van der Waals surface area contributed by atoms with Gasteiger partial charge in [0.1, 0.15) is 38.0 Å². The first kappa shape index (κ1) is 68.3. The first-order valence-electron chi connectivity index (χ1n) is 26.1. The van der Waals surface area contributed by atoms with Crippen molar-refractivity contribution in [3.8, 4) is 34.1 Å².